The van der Waals surface area contributed by atoms with Gasteiger partial charge in [-0.1, -0.05) is 67.6 Å². The minimum atomic E-state index is -0.495. The molecule has 0 saturated heterocycles. The normalized spacial score (nSPS) is 12.1. The van der Waals surface area contributed by atoms with E-state index in [2.05, 4.69) is 58.9 Å². The quantitative estimate of drug-likeness (QED) is 0.359. The molecule has 0 amide bonds. The number of esters is 1. The van der Waals surface area contributed by atoms with Gasteiger partial charge in [0.05, 0.1) is 31.6 Å². The fourth-order valence-corrected chi connectivity index (χ4v) is 4.18. The van der Waals surface area contributed by atoms with E-state index >= 15 is 0 Å². The molecule has 0 bridgehead atoms. The number of carbonyl (C=O) groups excluding carboxylic acids is 1. The molecule has 2 rings (SSSR count). The van der Waals surface area contributed by atoms with Gasteiger partial charge in [0.2, 0.25) is 0 Å². The molecular weight excluding hydrogens is 430 g/mol. The van der Waals surface area contributed by atoms with E-state index in [0.29, 0.717) is 12.5 Å². The maximum Gasteiger partial charge on any atom is 0.311 e. The minimum absolute atomic E-state index is 0. The third-order valence-corrected chi connectivity index (χ3v) is 6.97. The Balaban J connectivity index is 0.000000875. The van der Waals surface area contributed by atoms with Crippen molar-refractivity contribution < 1.29 is 26.4 Å². The van der Waals surface area contributed by atoms with Crippen molar-refractivity contribution in [2.75, 3.05) is 26.2 Å². The highest BCUT2D eigenvalue weighted by molar-refractivity contribution is 5.76. The van der Waals surface area contributed by atoms with Gasteiger partial charge in [0.1, 0.15) is 6.61 Å². The number of nitrogens with zero attached hydrogens (tertiary/aromatic N) is 1. The van der Waals surface area contributed by atoms with Crippen molar-refractivity contribution in [3.05, 3.63) is 71.8 Å². The Morgan fingerprint density at radius 1 is 0.818 bits per heavy atom. The van der Waals surface area contributed by atoms with Gasteiger partial charge in [-0.05, 0) is 71.4 Å². The molecule has 0 aliphatic carbocycles. The fraction of sp³-hybridized carbons (Fsp3) is 0.552. The fourth-order valence-electron chi connectivity index (χ4n) is 4.18. The van der Waals surface area contributed by atoms with Crippen LogP contribution in [0, 0.1) is 5.41 Å². The van der Waals surface area contributed by atoms with E-state index in [9.17, 15) is 4.79 Å². The van der Waals surface area contributed by atoms with Gasteiger partial charge in [-0.2, -0.15) is 0 Å². The summed E-state index contributed by atoms with van der Waals surface area (Å²) >= 11 is 0. The van der Waals surface area contributed by atoms with Gasteiger partial charge in [0.25, 0.3) is 0 Å². The van der Waals surface area contributed by atoms with Gasteiger partial charge < -0.3 is 21.6 Å². The van der Waals surface area contributed by atoms with Crippen LogP contribution in [0.15, 0.2) is 60.7 Å². The van der Waals surface area contributed by atoms with Crippen molar-refractivity contribution in [3.8, 4) is 0 Å². The molecule has 0 saturated carbocycles. The highest BCUT2D eigenvalue weighted by Crippen LogP contribution is 2.35. The van der Waals surface area contributed by atoms with Crippen molar-refractivity contribution in [1.29, 1.82) is 0 Å². The van der Waals surface area contributed by atoms with E-state index in [1.54, 1.807) is 0 Å². The second-order valence-corrected chi connectivity index (χ2v) is 9.27. The van der Waals surface area contributed by atoms with Gasteiger partial charge in [-0.25, -0.2) is 0 Å². The maximum atomic E-state index is 12.5. The Morgan fingerprint density at radius 2 is 1.27 bits per heavy atom. The van der Waals surface area contributed by atoms with Gasteiger partial charge >= 0.3 is 5.97 Å². The number of quaternary nitrogens is 1. The van der Waals surface area contributed by atoms with Crippen LogP contribution in [-0.4, -0.2) is 36.6 Å². The number of hydrogen-bond acceptors (Lipinski definition) is 2. The second-order valence-electron chi connectivity index (χ2n) is 9.27. The minimum Gasteiger partial charge on any atom is -1.00 e. The lowest BCUT2D eigenvalue weighted by Gasteiger charge is -2.34. The SMILES string of the molecule is CCC(CC(C)(C)C(=O)OCc1ccccc1)c1ccccc1.CC[N+](CC)(CC)CC.[Cl-]. The second kappa shape index (κ2) is 15.9. The van der Waals surface area contributed by atoms with Crippen molar-refractivity contribution in [1.82, 2.24) is 0 Å². The Bertz CT molecular complexity index is 740. The highest BCUT2D eigenvalue weighted by Gasteiger charge is 2.32. The molecule has 0 aliphatic rings. The number of hydrogen-bond donors (Lipinski definition) is 0. The molecule has 2 aromatic rings. The Morgan fingerprint density at radius 3 is 1.67 bits per heavy atom. The topological polar surface area (TPSA) is 26.3 Å². The summed E-state index contributed by atoms with van der Waals surface area (Å²) in [6, 6.07) is 20.2. The number of halogens is 1. The third-order valence-electron chi connectivity index (χ3n) is 6.97. The molecule has 1 atom stereocenters. The summed E-state index contributed by atoms with van der Waals surface area (Å²) < 4.78 is 6.81. The van der Waals surface area contributed by atoms with E-state index in [4.69, 9.17) is 4.74 Å². The van der Waals surface area contributed by atoms with Crippen LogP contribution >= 0.6 is 0 Å². The first kappa shape index (κ1) is 31.2. The van der Waals surface area contributed by atoms with Crippen LogP contribution in [0.4, 0.5) is 0 Å². The summed E-state index contributed by atoms with van der Waals surface area (Å²) in [5, 5.41) is 0. The van der Waals surface area contributed by atoms with E-state index in [1.807, 2.05) is 50.2 Å². The third kappa shape index (κ3) is 10.3. The number of ether oxygens (including phenoxy) is 1. The van der Waals surface area contributed by atoms with Gasteiger partial charge in [-0.3, -0.25) is 4.79 Å². The maximum absolute atomic E-state index is 12.5. The average molecular weight is 476 g/mol. The van der Waals surface area contributed by atoms with Crippen LogP contribution in [0.2, 0.25) is 0 Å². The van der Waals surface area contributed by atoms with Crippen LogP contribution in [0.5, 0.6) is 0 Å². The van der Waals surface area contributed by atoms with Crippen molar-refractivity contribution in [2.45, 2.75) is 73.8 Å². The molecular formula is C29H46ClNO2. The van der Waals surface area contributed by atoms with E-state index in [0.717, 1.165) is 18.4 Å². The van der Waals surface area contributed by atoms with E-state index < -0.39 is 5.41 Å². The molecule has 0 aromatic heterocycles. The van der Waals surface area contributed by atoms with Gasteiger partial charge in [0, 0.05) is 0 Å². The van der Waals surface area contributed by atoms with E-state index in [1.165, 1.54) is 36.2 Å². The first-order valence-corrected chi connectivity index (χ1v) is 12.4. The molecule has 0 spiro atoms. The van der Waals surface area contributed by atoms with Crippen molar-refractivity contribution >= 4 is 5.97 Å². The molecule has 3 nitrogen and oxygen atoms in total. The molecule has 0 heterocycles. The van der Waals surface area contributed by atoms with Crippen LogP contribution in [0.25, 0.3) is 0 Å². The molecule has 0 N–H and O–H groups in total. The molecule has 2 aromatic carbocycles. The van der Waals surface area contributed by atoms with Gasteiger partial charge in [-0.15, -0.1) is 0 Å². The summed E-state index contributed by atoms with van der Waals surface area (Å²) in [5.74, 6) is 0.242. The molecule has 0 fully saturated rings. The standard InChI is InChI=1S/C21H26O2.C8H20N.ClH/c1-4-18(19-13-9-6-10-14-19)15-21(2,3)20(22)23-16-17-11-7-5-8-12-17;1-5-9(6-2,7-3)8-4;/h5-14,18H,4,15-16H2,1-3H3;5-8H2,1-4H3;1H/q;+1;/p-1. The zero-order valence-electron chi connectivity index (χ0n) is 21.9. The summed E-state index contributed by atoms with van der Waals surface area (Å²) in [7, 11) is 0. The molecule has 4 heteroatoms. The van der Waals surface area contributed by atoms with Crippen molar-refractivity contribution in [2.24, 2.45) is 5.41 Å². The zero-order chi connectivity index (χ0) is 24.0. The molecule has 0 radical (unpaired) electrons. The van der Waals surface area contributed by atoms with Crippen molar-refractivity contribution in [3.63, 3.8) is 0 Å². The summed E-state index contributed by atoms with van der Waals surface area (Å²) in [6.07, 6.45) is 1.81. The lowest BCUT2D eigenvalue weighted by atomic mass is 9.79. The highest BCUT2D eigenvalue weighted by atomic mass is 35.5. The zero-order valence-corrected chi connectivity index (χ0v) is 22.7. The van der Waals surface area contributed by atoms with Gasteiger partial charge in [0.15, 0.2) is 0 Å². The first-order chi connectivity index (χ1) is 15.3. The number of rotatable bonds is 11. The Kier molecular flexibility index (Phi) is 15.0. The molecule has 33 heavy (non-hydrogen) atoms. The lowest BCUT2D eigenvalue weighted by molar-refractivity contribution is -0.921. The lowest BCUT2D eigenvalue weighted by Crippen LogP contribution is -3.00. The average Bonchev–Trinajstić information content (AvgIpc) is 2.84. The van der Waals surface area contributed by atoms with E-state index in [-0.39, 0.29) is 18.4 Å². The van der Waals surface area contributed by atoms with Crippen LogP contribution in [-0.2, 0) is 16.1 Å². The number of benzene rings is 2. The summed E-state index contributed by atoms with van der Waals surface area (Å²) in [5.41, 5.74) is 1.82. The van der Waals surface area contributed by atoms with Crippen LogP contribution < -0.4 is 12.4 Å². The van der Waals surface area contributed by atoms with Crippen LogP contribution in [0.3, 0.4) is 0 Å². The summed E-state index contributed by atoms with van der Waals surface area (Å²) in [6.45, 7) is 20.7. The predicted octanol–water partition coefficient (Wildman–Crippen LogP) is 4.23. The first-order valence-electron chi connectivity index (χ1n) is 12.4. The smallest absolute Gasteiger partial charge is 0.311 e. The predicted molar refractivity (Wildman–Crippen MR) is 137 cm³/mol. The molecule has 0 aliphatic heterocycles. The largest absolute Gasteiger partial charge is 1.00 e. The Hall–Kier alpha value is -1.84. The number of carbonyl (C=O) groups is 1. The monoisotopic (exact) mass is 475 g/mol. The van der Waals surface area contributed by atoms with Crippen LogP contribution in [0.1, 0.15) is 78.4 Å². The molecule has 186 valence electrons. The Labute approximate surface area is 209 Å². The molecule has 1 unspecified atom stereocenters. The summed E-state index contributed by atoms with van der Waals surface area (Å²) in [4.78, 5) is 12.5.